The topological polar surface area (TPSA) is 53.9 Å². The van der Waals surface area contributed by atoms with E-state index in [0.29, 0.717) is 12.0 Å². The molecular formula is C18H25N5. The number of nitrogens with zero attached hydrogens (tertiary/aromatic N) is 4. The van der Waals surface area contributed by atoms with Crippen LogP contribution in [0.25, 0.3) is 0 Å². The highest BCUT2D eigenvalue weighted by Crippen LogP contribution is 2.21. The molecule has 1 fully saturated rings. The van der Waals surface area contributed by atoms with E-state index in [1.54, 1.807) is 0 Å². The molecule has 0 unspecified atom stereocenters. The van der Waals surface area contributed by atoms with Crippen LogP contribution in [-0.4, -0.2) is 34.1 Å². The summed E-state index contributed by atoms with van der Waals surface area (Å²) in [5, 5.41) is 3.59. The number of aromatic nitrogens is 3. The zero-order chi connectivity index (χ0) is 16.2. The maximum absolute atomic E-state index is 4.66. The molecule has 2 aromatic rings. The van der Waals surface area contributed by atoms with Crippen LogP contribution in [0.3, 0.4) is 0 Å². The Morgan fingerprint density at radius 2 is 1.96 bits per heavy atom. The molecule has 5 heteroatoms. The molecule has 1 aliphatic rings. The molecule has 0 amide bonds. The quantitative estimate of drug-likeness (QED) is 0.938. The molecule has 23 heavy (non-hydrogen) atoms. The van der Waals surface area contributed by atoms with Crippen LogP contribution in [0.5, 0.6) is 0 Å². The third-order valence-electron chi connectivity index (χ3n) is 4.21. The van der Waals surface area contributed by atoms with Crippen molar-refractivity contribution in [3.8, 4) is 0 Å². The molecule has 0 radical (unpaired) electrons. The van der Waals surface area contributed by atoms with E-state index in [4.69, 9.17) is 0 Å². The summed E-state index contributed by atoms with van der Waals surface area (Å²) in [5.74, 6) is 3.29. The number of aryl methyl sites for hydroxylation is 1. The van der Waals surface area contributed by atoms with E-state index < -0.39 is 0 Å². The maximum Gasteiger partial charge on any atom is 0.133 e. The molecule has 0 spiro atoms. The van der Waals surface area contributed by atoms with Gasteiger partial charge in [-0.2, -0.15) is 0 Å². The summed E-state index contributed by atoms with van der Waals surface area (Å²) in [7, 11) is 0. The average Bonchev–Trinajstić information content (AvgIpc) is 2.56. The molecule has 0 saturated carbocycles. The first-order chi connectivity index (χ1) is 11.1. The zero-order valence-corrected chi connectivity index (χ0v) is 14.2. The molecule has 3 rings (SSSR count). The van der Waals surface area contributed by atoms with Gasteiger partial charge in [-0.25, -0.2) is 15.0 Å². The van der Waals surface area contributed by atoms with E-state index >= 15 is 0 Å². The normalized spacial score (nSPS) is 15.9. The zero-order valence-electron chi connectivity index (χ0n) is 14.2. The van der Waals surface area contributed by atoms with Crippen molar-refractivity contribution in [1.82, 2.24) is 15.0 Å². The highest BCUT2D eigenvalue weighted by Gasteiger charge is 2.20. The molecule has 0 bridgehead atoms. The van der Waals surface area contributed by atoms with Crippen molar-refractivity contribution in [3.63, 3.8) is 0 Å². The number of rotatable bonds is 4. The molecule has 0 aliphatic carbocycles. The minimum atomic E-state index is 0.349. The Hall–Kier alpha value is -2.17. The highest BCUT2D eigenvalue weighted by atomic mass is 15.2. The Morgan fingerprint density at radius 1 is 1.17 bits per heavy atom. The molecule has 1 N–H and O–H groups in total. The minimum absolute atomic E-state index is 0.349. The van der Waals surface area contributed by atoms with Crippen molar-refractivity contribution in [3.05, 3.63) is 42.0 Å². The smallest absolute Gasteiger partial charge is 0.133 e. The lowest BCUT2D eigenvalue weighted by Crippen LogP contribution is -2.39. The van der Waals surface area contributed by atoms with Crippen LogP contribution >= 0.6 is 0 Å². The van der Waals surface area contributed by atoms with E-state index in [0.717, 1.165) is 49.1 Å². The lowest BCUT2D eigenvalue weighted by Gasteiger charge is -2.33. The van der Waals surface area contributed by atoms with Crippen molar-refractivity contribution in [1.29, 1.82) is 0 Å². The standard InChI is InChI=1S/C18H25N5/c1-13(2)18-20-14(3)12-16(22-18)21-15-7-10-23(11-8-15)17-6-4-5-9-19-17/h4-6,9,12-13,15H,7-8,10-11H2,1-3H3,(H,20,21,22). The molecular weight excluding hydrogens is 286 g/mol. The largest absolute Gasteiger partial charge is 0.367 e. The summed E-state index contributed by atoms with van der Waals surface area (Å²) in [6.45, 7) is 8.34. The van der Waals surface area contributed by atoms with Crippen molar-refractivity contribution in [2.24, 2.45) is 0 Å². The fraction of sp³-hybridized carbons (Fsp3) is 0.500. The molecule has 1 aliphatic heterocycles. The van der Waals surface area contributed by atoms with Gasteiger partial charge in [-0.15, -0.1) is 0 Å². The third kappa shape index (κ3) is 3.97. The monoisotopic (exact) mass is 311 g/mol. The van der Waals surface area contributed by atoms with E-state index in [1.165, 1.54) is 0 Å². The van der Waals surface area contributed by atoms with Gasteiger partial charge in [-0.05, 0) is 31.9 Å². The van der Waals surface area contributed by atoms with Gasteiger partial charge >= 0.3 is 0 Å². The summed E-state index contributed by atoms with van der Waals surface area (Å²) in [6, 6.07) is 8.59. The Morgan fingerprint density at radius 3 is 2.61 bits per heavy atom. The maximum atomic E-state index is 4.66. The van der Waals surface area contributed by atoms with Gasteiger partial charge in [0.1, 0.15) is 17.5 Å². The predicted molar refractivity (Wildman–Crippen MR) is 94.0 cm³/mol. The first-order valence-corrected chi connectivity index (χ1v) is 8.40. The van der Waals surface area contributed by atoms with Gasteiger partial charge in [0, 0.05) is 43.0 Å². The second kappa shape index (κ2) is 6.94. The molecule has 5 nitrogen and oxygen atoms in total. The second-order valence-electron chi connectivity index (χ2n) is 6.50. The fourth-order valence-corrected chi connectivity index (χ4v) is 2.93. The van der Waals surface area contributed by atoms with Crippen molar-refractivity contribution in [2.75, 3.05) is 23.3 Å². The lowest BCUT2D eigenvalue weighted by molar-refractivity contribution is 0.522. The van der Waals surface area contributed by atoms with Crippen molar-refractivity contribution < 1.29 is 0 Å². The first kappa shape index (κ1) is 15.7. The second-order valence-corrected chi connectivity index (χ2v) is 6.50. The van der Waals surface area contributed by atoms with Crippen molar-refractivity contribution in [2.45, 2.75) is 45.6 Å². The van der Waals surface area contributed by atoms with Gasteiger partial charge in [0.2, 0.25) is 0 Å². The minimum Gasteiger partial charge on any atom is -0.367 e. The van der Waals surface area contributed by atoms with Gasteiger partial charge in [0.15, 0.2) is 0 Å². The Kier molecular flexibility index (Phi) is 4.74. The predicted octanol–water partition coefficient (Wildman–Crippen LogP) is 3.38. The molecule has 3 heterocycles. The van der Waals surface area contributed by atoms with Gasteiger partial charge < -0.3 is 10.2 Å². The number of anilines is 2. The van der Waals surface area contributed by atoms with Crippen LogP contribution in [0.4, 0.5) is 11.6 Å². The van der Waals surface area contributed by atoms with Crippen LogP contribution in [0.2, 0.25) is 0 Å². The van der Waals surface area contributed by atoms with E-state index in [9.17, 15) is 0 Å². The van der Waals surface area contributed by atoms with Gasteiger partial charge in [0.05, 0.1) is 0 Å². The van der Waals surface area contributed by atoms with Crippen LogP contribution in [0.1, 0.15) is 44.1 Å². The fourth-order valence-electron chi connectivity index (χ4n) is 2.93. The number of nitrogens with one attached hydrogen (secondary N) is 1. The van der Waals surface area contributed by atoms with Crippen LogP contribution < -0.4 is 10.2 Å². The number of hydrogen-bond donors (Lipinski definition) is 1. The number of pyridine rings is 1. The van der Waals surface area contributed by atoms with Gasteiger partial charge in [-0.3, -0.25) is 0 Å². The SMILES string of the molecule is Cc1cc(NC2CCN(c3ccccn3)CC2)nc(C(C)C)n1. The summed E-state index contributed by atoms with van der Waals surface area (Å²) >= 11 is 0. The molecule has 1 saturated heterocycles. The van der Waals surface area contributed by atoms with Crippen LogP contribution in [0.15, 0.2) is 30.5 Å². The Balaban J connectivity index is 1.61. The highest BCUT2D eigenvalue weighted by molar-refractivity contribution is 5.41. The van der Waals surface area contributed by atoms with E-state index in [2.05, 4.69) is 45.1 Å². The van der Waals surface area contributed by atoms with E-state index in [-0.39, 0.29) is 0 Å². The van der Waals surface area contributed by atoms with Crippen molar-refractivity contribution >= 4 is 11.6 Å². The molecule has 122 valence electrons. The summed E-state index contributed by atoms with van der Waals surface area (Å²) in [6.07, 6.45) is 4.05. The molecule has 2 aromatic heterocycles. The summed E-state index contributed by atoms with van der Waals surface area (Å²) in [5.41, 5.74) is 1.03. The van der Waals surface area contributed by atoms with Crippen LogP contribution in [-0.2, 0) is 0 Å². The Bertz CT molecular complexity index is 633. The van der Waals surface area contributed by atoms with Crippen LogP contribution in [0, 0.1) is 6.92 Å². The average molecular weight is 311 g/mol. The summed E-state index contributed by atoms with van der Waals surface area (Å²) < 4.78 is 0. The molecule has 0 aromatic carbocycles. The number of piperidine rings is 1. The third-order valence-corrected chi connectivity index (χ3v) is 4.21. The number of hydrogen-bond acceptors (Lipinski definition) is 5. The Labute approximate surface area is 138 Å². The lowest BCUT2D eigenvalue weighted by atomic mass is 10.0. The van der Waals surface area contributed by atoms with Gasteiger partial charge in [-0.1, -0.05) is 19.9 Å². The van der Waals surface area contributed by atoms with Gasteiger partial charge in [0.25, 0.3) is 0 Å². The van der Waals surface area contributed by atoms with E-state index in [1.807, 2.05) is 31.3 Å². The summed E-state index contributed by atoms with van der Waals surface area (Å²) in [4.78, 5) is 16.0. The first-order valence-electron chi connectivity index (χ1n) is 8.40. The molecule has 0 atom stereocenters.